The van der Waals surface area contributed by atoms with E-state index in [0.29, 0.717) is 41.0 Å². The van der Waals surface area contributed by atoms with Gasteiger partial charge in [-0.3, -0.25) is 9.69 Å². The SMILES string of the molecule is CCCN1CCN(C2CCN(C(=O)[C@H](C)Cc3cc(Br)c(O)c(Br)c3)CC2)CC1.COC(=O)N1CCC(N2CCc3ccccc3NC2=O)CC1. The van der Waals surface area contributed by atoms with Gasteiger partial charge in [-0.05, 0) is 113 Å². The zero-order valence-electron chi connectivity index (χ0n) is 30.3. The van der Waals surface area contributed by atoms with Crippen molar-refractivity contribution in [2.45, 2.75) is 70.9 Å². The highest BCUT2D eigenvalue weighted by Gasteiger charge is 2.32. The van der Waals surface area contributed by atoms with Crippen LogP contribution in [-0.4, -0.2) is 132 Å². The lowest BCUT2D eigenvalue weighted by Crippen LogP contribution is -2.54. The molecule has 0 aromatic heterocycles. The topological polar surface area (TPSA) is 109 Å². The van der Waals surface area contributed by atoms with Crippen molar-refractivity contribution in [1.82, 2.24) is 24.5 Å². The van der Waals surface area contributed by atoms with E-state index in [1.54, 1.807) is 4.90 Å². The number of halogens is 2. The van der Waals surface area contributed by atoms with Crippen LogP contribution in [0.5, 0.6) is 5.75 Å². The monoisotopic (exact) mass is 832 g/mol. The van der Waals surface area contributed by atoms with Crippen LogP contribution >= 0.6 is 31.9 Å². The Morgan fingerprint density at radius 1 is 0.902 bits per heavy atom. The van der Waals surface area contributed by atoms with Gasteiger partial charge in [0, 0.05) is 82.6 Å². The maximum Gasteiger partial charge on any atom is 0.409 e. The van der Waals surface area contributed by atoms with Gasteiger partial charge in [-0.2, -0.15) is 0 Å². The number of anilines is 1. The number of carbonyl (C=O) groups is 3. The number of amides is 4. The summed E-state index contributed by atoms with van der Waals surface area (Å²) >= 11 is 6.75. The van der Waals surface area contributed by atoms with Crippen LogP contribution in [0.25, 0.3) is 0 Å². The number of ether oxygens (including phenoxy) is 1. The summed E-state index contributed by atoms with van der Waals surface area (Å²) in [5.74, 6) is 0.384. The van der Waals surface area contributed by atoms with Crippen molar-refractivity contribution in [3.05, 3.63) is 56.5 Å². The fourth-order valence-corrected chi connectivity index (χ4v) is 9.12. The van der Waals surface area contributed by atoms with Gasteiger partial charge in [-0.1, -0.05) is 32.0 Å². The normalized spacial score (nSPS) is 20.1. The van der Waals surface area contributed by atoms with Crippen LogP contribution in [0.3, 0.4) is 0 Å². The predicted molar refractivity (Wildman–Crippen MR) is 207 cm³/mol. The minimum Gasteiger partial charge on any atom is -0.506 e. The predicted octanol–water partition coefficient (Wildman–Crippen LogP) is 6.42. The molecule has 4 heterocycles. The molecule has 0 saturated carbocycles. The zero-order valence-corrected chi connectivity index (χ0v) is 33.5. The Balaban J connectivity index is 0.000000205. The first-order valence-corrected chi connectivity index (χ1v) is 20.1. The van der Waals surface area contributed by atoms with E-state index in [-0.39, 0.29) is 35.7 Å². The molecule has 4 amide bonds. The summed E-state index contributed by atoms with van der Waals surface area (Å²) < 4.78 is 6.06. The van der Waals surface area contributed by atoms with Crippen molar-refractivity contribution in [3.63, 3.8) is 0 Å². The van der Waals surface area contributed by atoms with E-state index >= 15 is 0 Å². The maximum atomic E-state index is 13.0. The number of methoxy groups -OCH3 is 1. The average Bonchev–Trinajstić information content (AvgIpc) is 3.32. The van der Waals surface area contributed by atoms with Crippen molar-refractivity contribution < 1.29 is 24.2 Å². The maximum absolute atomic E-state index is 13.0. The summed E-state index contributed by atoms with van der Waals surface area (Å²) in [5, 5.41) is 12.9. The molecule has 1 atom stereocenters. The first-order valence-electron chi connectivity index (χ1n) is 18.5. The van der Waals surface area contributed by atoms with Crippen LogP contribution in [0, 0.1) is 5.92 Å². The molecular weight excluding hydrogens is 780 g/mol. The Hall–Kier alpha value is -2.87. The lowest BCUT2D eigenvalue weighted by atomic mass is 9.97. The van der Waals surface area contributed by atoms with Crippen molar-refractivity contribution in [1.29, 1.82) is 0 Å². The van der Waals surface area contributed by atoms with Gasteiger partial charge in [0.15, 0.2) is 0 Å². The van der Waals surface area contributed by atoms with Crippen molar-refractivity contribution in [2.24, 2.45) is 5.92 Å². The summed E-state index contributed by atoms with van der Waals surface area (Å²) in [6.07, 6.45) is 6.23. The largest absolute Gasteiger partial charge is 0.506 e. The molecule has 11 nitrogen and oxygen atoms in total. The molecule has 0 unspecified atom stereocenters. The smallest absolute Gasteiger partial charge is 0.409 e. The van der Waals surface area contributed by atoms with E-state index in [0.717, 1.165) is 56.4 Å². The number of piperazine rings is 1. The van der Waals surface area contributed by atoms with E-state index in [9.17, 15) is 19.5 Å². The van der Waals surface area contributed by atoms with Gasteiger partial charge in [-0.15, -0.1) is 0 Å². The van der Waals surface area contributed by atoms with E-state index < -0.39 is 0 Å². The molecule has 2 aromatic rings. The molecule has 280 valence electrons. The van der Waals surface area contributed by atoms with E-state index in [4.69, 9.17) is 4.74 Å². The van der Waals surface area contributed by atoms with Crippen LogP contribution in [-0.2, 0) is 22.4 Å². The number of nitrogens with zero attached hydrogens (tertiary/aromatic N) is 5. The molecule has 0 bridgehead atoms. The van der Waals surface area contributed by atoms with E-state index in [2.05, 4.69) is 64.9 Å². The molecule has 3 fully saturated rings. The molecule has 0 aliphatic carbocycles. The number of fused-ring (bicyclic) bond motifs is 1. The lowest BCUT2D eigenvalue weighted by molar-refractivity contribution is -0.136. The standard InChI is InChI=1S/C22H33Br2N3O2.C16H21N3O3/c1-3-6-25-9-11-26(12-10-25)18-4-7-27(8-5-18)22(29)16(2)13-17-14-19(23)21(28)20(24)15-17;1-22-16(21)18-9-7-13(8-10-18)19-11-6-12-4-2-3-5-14(12)17-15(19)20/h14-16,18,28H,3-13H2,1-2H3;2-5,13H,6-11H2,1H3,(H,17,20)/t16-;/m1./s1. The van der Waals surface area contributed by atoms with E-state index in [1.165, 1.54) is 51.8 Å². The number of likely N-dealkylation sites (tertiary alicyclic amines) is 2. The highest BCUT2D eigenvalue weighted by molar-refractivity contribution is 9.11. The minimum absolute atomic E-state index is 0.0403. The molecule has 4 aliphatic heterocycles. The third kappa shape index (κ3) is 10.4. The number of piperidine rings is 2. The molecule has 0 radical (unpaired) electrons. The van der Waals surface area contributed by atoms with Crippen molar-refractivity contribution >= 4 is 55.6 Å². The first-order chi connectivity index (χ1) is 24.6. The summed E-state index contributed by atoms with van der Waals surface area (Å²) in [4.78, 5) is 47.8. The molecule has 13 heteroatoms. The molecule has 3 saturated heterocycles. The molecular formula is C38H54Br2N6O5. The highest BCUT2D eigenvalue weighted by atomic mass is 79.9. The Kier molecular flexibility index (Phi) is 14.5. The number of hydrogen-bond acceptors (Lipinski definition) is 7. The van der Waals surface area contributed by atoms with Crippen LogP contribution in [0.4, 0.5) is 15.3 Å². The Labute approximate surface area is 319 Å². The number of benzene rings is 2. The van der Waals surface area contributed by atoms with Crippen LogP contribution in [0.1, 0.15) is 57.1 Å². The average molecular weight is 835 g/mol. The number of rotatable bonds is 7. The fraction of sp³-hybridized carbons (Fsp3) is 0.605. The second-order valence-corrected chi connectivity index (χ2v) is 15.9. The summed E-state index contributed by atoms with van der Waals surface area (Å²) in [7, 11) is 1.40. The van der Waals surface area contributed by atoms with Gasteiger partial charge in [0.2, 0.25) is 5.91 Å². The minimum atomic E-state index is -0.286. The zero-order chi connectivity index (χ0) is 36.5. The fourth-order valence-electron chi connectivity index (χ4n) is 7.84. The summed E-state index contributed by atoms with van der Waals surface area (Å²) in [6.45, 7) is 13.9. The van der Waals surface area contributed by atoms with Gasteiger partial charge in [-0.25, -0.2) is 9.59 Å². The molecule has 2 aromatic carbocycles. The van der Waals surface area contributed by atoms with Crippen LogP contribution in [0.2, 0.25) is 0 Å². The molecule has 2 N–H and O–H groups in total. The Morgan fingerprint density at radius 3 is 2.14 bits per heavy atom. The number of para-hydroxylation sites is 1. The number of nitrogens with one attached hydrogen (secondary N) is 1. The third-order valence-corrected chi connectivity index (χ3v) is 12.0. The Bertz CT molecular complexity index is 1470. The van der Waals surface area contributed by atoms with Gasteiger partial charge in [0.25, 0.3) is 0 Å². The number of aromatic hydroxyl groups is 1. The molecule has 51 heavy (non-hydrogen) atoms. The summed E-state index contributed by atoms with van der Waals surface area (Å²) in [6, 6.07) is 12.5. The number of phenolic OH excluding ortho intramolecular Hbond substituents is 1. The first kappa shape index (κ1) is 39.3. The quantitative estimate of drug-likeness (QED) is 0.332. The highest BCUT2D eigenvalue weighted by Crippen LogP contribution is 2.34. The number of carbonyl (C=O) groups excluding carboxylic acids is 3. The number of phenols is 1. The number of urea groups is 1. The van der Waals surface area contributed by atoms with Crippen LogP contribution in [0.15, 0.2) is 45.3 Å². The third-order valence-electron chi connectivity index (χ3n) is 10.8. The Morgan fingerprint density at radius 2 is 1.51 bits per heavy atom. The van der Waals surface area contributed by atoms with Crippen LogP contribution < -0.4 is 5.32 Å². The van der Waals surface area contributed by atoms with E-state index in [1.807, 2.05) is 42.2 Å². The molecule has 0 spiro atoms. The molecule has 6 rings (SSSR count). The summed E-state index contributed by atoms with van der Waals surface area (Å²) in [5.41, 5.74) is 3.12. The lowest BCUT2D eigenvalue weighted by Gasteiger charge is -2.43. The van der Waals surface area contributed by atoms with Gasteiger partial charge < -0.3 is 34.8 Å². The number of hydrogen-bond donors (Lipinski definition) is 2. The second kappa shape index (κ2) is 18.8. The van der Waals surface area contributed by atoms with Crippen molar-refractivity contribution in [3.8, 4) is 5.75 Å². The van der Waals surface area contributed by atoms with Gasteiger partial charge in [0.05, 0.1) is 16.1 Å². The molecule has 4 aliphatic rings. The van der Waals surface area contributed by atoms with Gasteiger partial charge >= 0.3 is 12.1 Å². The second-order valence-electron chi connectivity index (χ2n) is 14.2. The van der Waals surface area contributed by atoms with Crippen molar-refractivity contribution in [2.75, 3.05) is 77.9 Å². The van der Waals surface area contributed by atoms with Gasteiger partial charge in [0.1, 0.15) is 5.75 Å².